The maximum absolute atomic E-state index is 12.5. The first-order valence-corrected chi connectivity index (χ1v) is 5.58. The van der Waals surface area contributed by atoms with Gasteiger partial charge in [-0.3, -0.25) is 4.79 Å². The fourth-order valence-corrected chi connectivity index (χ4v) is 1.28. The van der Waals surface area contributed by atoms with Crippen LogP contribution >= 0.6 is 23.2 Å². The molecule has 0 bridgehead atoms. The van der Waals surface area contributed by atoms with Gasteiger partial charge < -0.3 is 9.72 Å². The zero-order chi connectivity index (χ0) is 14.4. The Labute approximate surface area is 117 Å². The van der Waals surface area contributed by atoms with Crippen LogP contribution in [0.25, 0.3) is 0 Å². The van der Waals surface area contributed by atoms with E-state index in [0.29, 0.717) is 0 Å². The SMILES string of the molecule is COc1cc(Cl)ncc1F.O=c1cc(Cl)[nH]cc1F. The Morgan fingerprint density at radius 3 is 2.42 bits per heavy atom. The summed E-state index contributed by atoms with van der Waals surface area (Å²) in [5.41, 5.74) is -0.696. The number of nitrogens with zero attached hydrogens (tertiary/aromatic N) is 1. The number of pyridine rings is 2. The molecule has 0 aliphatic carbocycles. The Morgan fingerprint density at radius 2 is 1.95 bits per heavy atom. The first kappa shape index (κ1) is 15.4. The molecule has 0 saturated heterocycles. The van der Waals surface area contributed by atoms with Gasteiger partial charge in [-0.1, -0.05) is 23.2 Å². The van der Waals surface area contributed by atoms with Crippen LogP contribution in [0, 0.1) is 11.6 Å². The largest absolute Gasteiger partial charge is 0.494 e. The highest BCUT2D eigenvalue weighted by Gasteiger charge is 2.01. The molecule has 102 valence electrons. The zero-order valence-corrected chi connectivity index (χ0v) is 11.1. The number of halogens is 4. The molecular weight excluding hydrogens is 301 g/mol. The number of aromatic amines is 1. The third-order valence-corrected chi connectivity index (χ3v) is 2.26. The van der Waals surface area contributed by atoms with E-state index in [1.807, 2.05) is 0 Å². The van der Waals surface area contributed by atoms with Crippen LogP contribution in [0.3, 0.4) is 0 Å². The van der Waals surface area contributed by atoms with Crippen molar-refractivity contribution in [1.29, 1.82) is 0 Å². The van der Waals surface area contributed by atoms with Gasteiger partial charge in [0, 0.05) is 18.3 Å². The molecule has 1 N–H and O–H groups in total. The lowest BCUT2D eigenvalue weighted by Gasteiger charge is -1.99. The standard InChI is InChI=1S/C6H5ClFNO.C5H3ClFNO/c1-10-5-2-6(7)9-3-4(5)8;6-5-1-4(9)3(7)2-8-5/h2-3H,1H3;1-2H,(H,8,9). The van der Waals surface area contributed by atoms with Crippen LogP contribution in [0.5, 0.6) is 5.75 Å². The lowest BCUT2D eigenvalue weighted by Crippen LogP contribution is -2.03. The lowest BCUT2D eigenvalue weighted by atomic mass is 10.4. The molecule has 0 saturated carbocycles. The van der Waals surface area contributed by atoms with Crippen molar-refractivity contribution in [3.05, 3.63) is 56.7 Å². The van der Waals surface area contributed by atoms with Crippen LogP contribution in [0.15, 0.2) is 29.3 Å². The fourth-order valence-electron chi connectivity index (χ4n) is 0.982. The van der Waals surface area contributed by atoms with Crippen LogP contribution in [0.4, 0.5) is 8.78 Å². The summed E-state index contributed by atoms with van der Waals surface area (Å²) >= 11 is 10.7. The topological polar surface area (TPSA) is 55.0 Å². The average molecular weight is 309 g/mol. The maximum atomic E-state index is 12.5. The maximum Gasteiger partial charge on any atom is 0.218 e. The lowest BCUT2D eigenvalue weighted by molar-refractivity contribution is 0.385. The number of ether oxygens (including phenoxy) is 1. The number of H-pyrrole nitrogens is 1. The monoisotopic (exact) mass is 308 g/mol. The molecule has 0 amide bonds. The van der Waals surface area contributed by atoms with Gasteiger partial charge in [-0.2, -0.15) is 0 Å². The summed E-state index contributed by atoms with van der Waals surface area (Å²) in [6, 6.07) is 2.30. The van der Waals surface area contributed by atoms with Crippen molar-refractivity contribution in [2.24, 2.45) is 0 Å². The molecule has 0 aromatic carbocycles. The number of methoxy groups -OCH3 is 1. The van der Waals surface area contributed by atoms with Gasteiger partial charge in [0.1, 0.15) is 10.3 Å². The van der Waals surface area contributed by atoms with E-state index in [1.165, 1.54) is 13.2 Å². The van der Waals surface area contributed by atoms with Gasteiger partial charge in [-0.15, -0.1) is 0 Å². The second-order valence-corrected chi connectivity index (χ2v) is 3.93. The summed E-state index contributed by atoms with van der Waals surface area (Å²) in [4.78, 5) is 16.2. The van der Waals surface area contributed by atoms with E-state index < -0.39 is 17.1 Å². The summed E-state index contributed by atoms with van der Waals surface area (Å²) in [5, 5.41) is 0.361. The van der Waals surface area contributed by atoms with Crippen molar-refractivity contribution in [1.82, 2.24) is 9.97 Å². The van der Waals surface area contributed by atoms with Gasteiger partial charge in [-0.05, 0) is 0 Å². The highest BCUT2D eigenvalue weighted by Crippen LogP contribution is 2.18. The van der Waals surface area contributed by atoms with E-state index in [0.717, 1.165) is 18.5 Å². The number of rotatable bonds is 1. The van der Waals surface area contributed by atoms with Crippen molar-refractivity contribution in [3.8, 4) is 5.75 Å². The Morgan fingerprint density at radius 1 is 1.26 bits per heavy atom. The fraction of sp³-hybridized carbons (Fsp3) is 0.0909. The summed E-state index contributed by atoms with van der Waals surface area (Å²) in [6.45, 7) is 0. The normalized spacial score (nSPS) is 9.53. The molecule has 0 unspecified atom stereocenters. The second-order valence-electron chi connectivity index (χ2n) is 3.13. The molecule has 2 rings (SSSR count). The summed E-state index contributed by atoms with van der Waals surface area (Å²) in [6.07, 6.45) is 1.94. The molecule has 2 heterocycles. The number of nitrogens with one attached hydrogen (secondary N) is 1. The van der Waals surface area contributed by atoms with Crippen molar-refractivity contribution in [3.63, 3.8) is 0 Å². The van der Waals surface area contributed by atoms with Crippen molar-refractivity contribution >= 4 is 23.2 Å². The zero-order valence-electron chi connectivity index (χ0n) is 9.58. The first-order chi connectivity index (χ1) is 8.93. The third kappa shape index (κ3) is 4.84. The van der Waals surface area contributed by atoms with Gasteiger partial charge in [0.15, 0.2) is 17.4 Å². The minimum Gasteiger partial charge on any atom is -0.494 e. The van der Waals surface area contributed by atoms with Crippen LogP contribution in [0.1, 0.15) is 0 Å². The summed E-state index contributed by atoms with van der Waals surface area (Å²) in [7, 11) is 1.37. The molecule has 0 aliphatic rings. The van der Waals surface area contributed by atoms with Crippen LogP contribution in [0.2, 0.25) is 10.3 Å². The van der Waals surface area contributed by atoms with E-state index in [9.17, 15) is 13.6 Å². The van der Waals surface area contributed by atoms with Crippen LogP contribution < -0.4 is 10.2 Å². The van der Waals surface area contributed by atoms with E-state index in [-0.39, 0.29) is 16.1 Å². The predicted octanol–water partition coefficient (Wildman–Crippen LogP) is 3.05. The Hall–Kier alpha value is -1.66. The highest BCUT2D eigenvalue weighted by molar-refractivity contribution is 6.29. The van der Waals surface area contributed by atoms with Crippen molar-refractivity contribution in [2.45, 2.75) is 0 Å². The Balaban J connectivity index is 0.000000191. The summed E-state index contributed by atoms with van der Waals surface area (Å²) in [5.74, 6) is -1.22. The highest BCUT2D eigenvalue weighted by atomic mass is 35.5. The van der Waals surface area contributed by atoms with E-state index >= 15 is 0 Å². The quantitative estimate of drug-likeness (QED) is 0.824. The van der Waals surface area contributed by atoms with Crippen LogP contribution in [-0.4, -0.2) is 17.1 Å². The van der Waals surface area contributed by atoms with Gasteiger partial charge in [-0.25, -0.2) is 13.8 Å². The molecule has 0 spiro atoms. The number of aromatic nitrogens is 2. The molecule has 2 aromatic rings. The van der Waals surface area contributed by atoms with Crippen LogP contribution in [-0.2, 0) is 0 Å². The number of hydrogen-bond acceptors (Lipinski definition) is 3. The van der Waals surface area contributed by atoms with Crippen molar-refractivity contribution < 1.29 is 13.5 Å². The first-order valence-electron chi connectivity index (χ1n) is 4.82. The minimum absolute atomic E-state index is 0.111. The average Bonchev–Trinajstić information content (AvgIpc) is 2.38. The smallest absolute Gasteiger partial charge is 0.218 e. The number of hydrogen-bond donors (Lipinski definition) is 1. The molecule has 8 heteroatoms. The third-order valence-electron chi connectivity index (χ3n) is 1.84. The molecule has 4 nitrogen and oxygen atoms in total. The van der Waals surface area contributed by atoms with Crippen molar-refractivity contribution in [2.75, 3.05) is 7.11 Å². The second kappa shape index (κ2) is 7.06. The summed E-state index contributed by atoms with van der Waals surface area (Å²) < 4.78 is 29.2. The van der Waals surface area contributed by atoms with E-state index in [2.05, 4.69) is 14.7 Å². The van der Waals surface area contributed by atoms with E-state index in [4.69, 9.17) is 23.2 Å². The molecule has 2 aromatic heterocycles. The molecule has 0 fully saturated rings. The Kier molecular flexibility index (Phi) is 5.72. The minimum atomic E-state index is -0.820. The predicted molar refractivity (Wildman–Crippen MR) is 67.8 cm³/mol. The molecule has 0 radical (unpaired) electrons. The molecule has 19 heavy (non-hydrogen) atoms. The van der Waals surface area contributed by atoms with Gasteiger partial charge in [0.2, 0.25) is 5.43 Å². The molecule has 0 atom stereocenters. The molecule has 0 aliphatic heterocycles. The van der Waals surface area contributed by atoms with E-state index in [1.54, 1.807) is 0 Å². The molecular formula is C11H8Cl2F2N2O2. The van der Waals surface area contributed by atoms with Gasteiger partial charge in [0.05, 0.1) is 13.3 Å². The van der Waals surface area contributed by atoms with Gasteiger partial charge in [0.25, 0.3) is 0 Å². The van der Waals surface area contributed by atoms with Gasteiger partial charge >= 0.3 is 0 Å². The Bertz CT molecular complexity index is 620.